The van der Waals surface area contributed by atoms with E-state index in [-0.39, 0.29) is 0 Å². The summed E-state index contributed by atoms with van der Waals surface area (Å²) in [6, 6.07) is 52.1. The fourth-order valence-electron chi connectivity index (χ4n) is 7.86. The lowest BCUT2D eigenvalue weighted by atomic mass is 10.0. The van der Waals surface area contributed by atoms with Crippen LogP contribution in [0.3, 0.4) is 0 Å². The van der Waals surface area contributed by atoms with E-state index in [1.807, 2.05) is 18.2 Å². The van der Waals surface area contributed by atoms with Crippen molar-refractivity contribution >= 4 is 81.6 Å². The molecule has 46 heavy (non-hydrogen) atoms. The summed E-state index contributed by atoms with van der Waals surface area (Å²) in [7, 11) is 0. The van der Waals surface area contributed by atoms with Crippen LogP contribution in [0, 0.1) is 0 Å². The van der Waals surface area contributed by atoms with Crippen molar-refractivity contribution in [3.8, 4) is 17.2 Å². The highest BCUT2D eigenvalue weighted by Gasteiger charge is 2.26. The maximum Gasteiger partial charge on any atom is 0.162 e. The zero-order chi connectivity index (χ0) is 29.9. The molecule has 0 bridgehead atoms. The van der Waals surface area contributed by atoms with Crippen molar-refractivity contribution in [3.63, 3.8) is 0 Å². The first-order valence-corrected chi connectivity index (χ1v) is 15.7. The van der Waals surface area contributed by atoms with Gasteiger partial charge in [-0.25, -0.2) is 9.97 Å². The van der Waals surface area contributed by atoms with E-state index in [0.29, 0.717) is 0 Å². The van der Waals surface area contributed by atoms with Crippen LogP contribution in [0.25, 0.3) is 98.8 Å². The molecular formula is C42H24N4. The molecule has 0 N–H and O–H groups in total. The average Bonchev–Trinajstić information content (AvgIpc) is 3.75. The predicted octanol–water partition coefficient (Wildman–Crippen LogP) is 10.7. The van der Waals surface area contributed by atoms with Crippen LogP contribution in [-0.4, -0.2) is 18.9 Å². The zero-order valence-corrected chi connectivity index (χ0v) is 24.6. The molecular weight excluding hydrogens is 560 g/mol. The Morgan fingerprint density at radius 2 is 1.04 bits per heavy atom. The van der Waals surface area contributed by atoms with E-state index in [9.17, 15) is 0 Å². The van der Waals surface area contributed by atoms with Crippen molar-refractivity contribution in [1.82, 2.24) is 18.9 Å². The molecule has 4 heteroatoms. The Bertz CT molecular complexity index is 3020. The van der Waals surface area contributed by atoms with Crippen molar-refractivity contribution in [3.05, 3.63) is 146 Å². The number of benzene rings is 7. The molecule has 7 aromatic carbocycles. The second-order valence-corrected chi connectivity index (χ2v) is 12.2. The van der Waals surface area contributed by atoms with Gasteiger partial charge < -0.3 is 4.40 Å². The third-order valence-electron chi connectivity index (χ3n) is 9.79. The second-order valence-electron chi connectivity index (χ2n) is 12.2. The van der Waals surface area contributed by atoms with Crippen LogP contribution in [0.2, 0.25) is 0 Å². The van der Waals surface area contributed by atoms with Crippen LogP contribution in [0.15, 0.2) is 146 Å². The van der Waals surface area contributed by atoms with Gasteiger partial charge in [0.2, 0.25) is 0 Å². The van der Waals surface area contributed by atoms with Gasteiger partial charge in [-0.05, 0) is 53.2 Å². The molecule has 11 rings (SSSR count). The average molecular weight is 585 g/mol. The van der Waals surface area contributed by atoms with Crippen LogP contribution >= 0.6 is 0 Å². The third kappa shape index (κ3) is 3.03. The van der Waals surface area contributed by atoms with E-state index in [4.69, 9.17) is 9.97 Å². The van der Waals surface area contributed by atoms with Crippen molar-refractivity contribution in [2.24, 2.45) is 0 Å². The number of aromatic nitrogens is 4. The van der Waals surface area contributed by atoms with E-state index < -0.39 is 0 Å². The Morgan fingerprint density at radius 1 is 0.413 bits per heavy atom. The smallest absolute Gasteiger partial charge is 0.162 e. The van der Waals surface area contributed by atoms with Crippen LogP contribution in [0.4, 0.5) is 0 Å². The molecule has 0 aliphatic rings. The minimum Gasteiger partial charge on any atom is -0.308 e. The first-order chi connectivity index (χ1) is 22.8. The lowest BCUT2D eigenvalue weighted by Crippen LogP contribution is -2.02. The Labute approximate surface area is 262 Å². The van der Waals surface area contributed by atoms with E-state index in [0.717, 1.165) is 33.6 Å². The van der Waals surface area contributed by atoms with E-state index in [1.165, 1.54) is 65.2 Å². The summed E-state index contributed by atoms with van der Waals surface area (Å²) in [5.74, 6) is 1.61. The summed E-state index contributed by atoms with van der Waals surface area (Å²) >= 11 is 0. The summed E-state index contributed by atoms with van der Waals surface area (Å²) in [5.41, 5.74) is 7.94. The van der Waals surface area contributed by atoms with Crippen LogP contribution in [-0.2, 0) is 0 Å². The molecule has 0 amide bonds. The minimum absolute atomic E-state index is 0.721. The topological polar surface area (TPSA) is 35.1 Å². The largest absolute Gasteiger partial charge is 0.308 e. The number of hydrogen-bond acceptors (Lipinski definition) is 2. The fourth-order valence-corrected chi connectivity index (χ4v) is 7.86. The molecule has 11 aromatic rings. The third-order valence-corrected chi connectivity index (χ3v) is 9.79. The van der Waals surface area contributed by atoms with Gasteiger partial charge in [0, 0.05) is 43.3 Å². The van der Waals surface area contributed by atoms with Gasteiger partial charge in [-0.1, -0.05) is 103 Å². The monoisotopic (exact) mass is 584 g/mol. The van der Waals surface area contributed by atoms with E-state index in [2.05, 4.69) is 136 Å². The maximum absolute atomic E-state index is 5.38. The molecule has 212 valence electrons. The van der Waals surface area contributed by atoms with Crippen molar-refractivity contribution in [2.75, 3.05) is 0 Å². The maximum atomic E-state index is 5.38. The number of nitrogens with zero attached hydrogens (tertiary/aromatic N) is 4. The Morgan fingerprint density at radius 3 is 1.87 bits per heavy atom. The van der Waals surface area contributed by atoms with Crippen molar-refractivity contribution in [1.29, 1.82) is 0 Å². The molecule has 0 saturated carbocycles. The highest BCUT2D eigenvalue weighted by molar-refractivity contribution is 6.35. The highest BCUT2D eigenvalue weighted by Crippen LogP contribution is 2.47. The van der Waals surface area contributed by atoms with E-state index in [1.54, 1.807) is 0 Å². The van der Waals surface area contributed by atoms with Gasteiger partial charge in [-0.2, -0.15) is 0 Å². The van der Waals surface area contributed by atoms with E-state index >= 15 is 0 Å². The van der Waals surface area contributed by atoms with Gasteiger partial charge in [0.25, 0.3) is 0 Å². The Kier molecular flexibility index (Phi) is 4.55. The first-order valence-electron chi connectivity index (χ1n) is 15.7. The molecule has 0 aliphatic carbocycles. The molecule has 4 aromatic heterocycles. The van der Waals surface area contributed by atoms with Gasteiger partial charge in [-0.15, -0.1) is 0 Å². The molecule has 0 aliphatic heterocycles. The van der Waals surface area contributed by atoms with Crippen molar-refractivity contribution in [2.45, 2.75) is 0 Å². The number of rotatable bonds is 2. The number of para-hydroxylation sites is 3. The summed E-state index contributed by atoms with van der Waals surface area (Å²) in [4.78, 5) is 10.4. The molecule has 4 nitrogen and oxygen atoms in total. The minimum atomic E-state index is 0.721. The molecule has 0 radical (unpaired) electrons. The van der Waals surface area contributed by atoms with Crippen molar-refractivity contribution < 1.29 is 0 Å². The van der Waals surface area contributed by atoms with Crippen LogP contribution in [0.1, 0.15) is 0 Å². The quantitative estimate of drug-likeness (QED) is 0.203. The molecule has 0 saturated heterocycles. The summed E-state index contributed by atoms with van der Waals surface area (Å²) in [6.07, 6.45) is 0. The summed E-state index contributed by atoms with van der Waals surface area (Å²) < 4.78 is 4.89. The fraction of sp³-hybridized carbons (Fsp3) is 0. The first kappa shape index (κ1) is 24.1. The normalized spacial score (nSPS) is 12.3. The Balaban J connectivity index is 1.43. The van der Waals surface area contributed by atoms with Crippen LogP contribution in [0.5, 0.6) is 0 Å². The molecule has 4 heterocycles. The highest BCUT2D eigenvalue weighted by atomic mass is 15.1. The summed E-state index contributed by atoms with van der Waals surface area (Å²) in [5, 5.41) is 11.0. The lowest BCUT2D eigenvalue weighted by molar-refractivity contribution is 1.08. The molecule has 0 spiro atoms. The second kappa shape index (κ2) is 8.68. The SMILES string of the molecule is c1ccc(-c2nc(-n3c4ccccc4c4cc5c6ccccc6n6c7cc8ccccc8cc7c(c43)c56)c3ccccc3n2)cc1. The molecule has 0 fully saturated rings. The predicted molar refractivity (Wildman–Crippen MR) is 191 cm³/mol. The standard InChI is InChI=1S/C42H24N4/c1-2-12-25(13-3-1)41-43-34-19-9-6-18-30(34)42(44-41)46-36-21-11-8-17-29(36)32-24-31-28-16-7-10-20-35(28)45-37-23-27-15-5-4-14-26(27)22-33(37)38(39(31)45)40(32)46/h1-24H. The zero-order valence-electron chi connectivity index (χ0n) is 24.6. The lowest BCUT2D eigenvalue weighted by Gasteiger charge is -2.13. The summed E-state index contributed by atoms with van der Waals surface area (Å²) in [6.45, 7) is 0. The number of fused-ring (bicyclic) bond motifs is 12. The van der Waals surface area contributed by atoms with Gasteiger partial charge in [-0.3, -0.25) is 4.57 Å². The molecule has 0 atom stereocenters. The molecule has 0 unspecified atom stereocenters. The van der Waals surface area contributed by atoms with Gasteiger partial charge >= 0.3 is 0 Å². The van der Waals surface area contributed by atoms with Gasteiger partial charge in [0.1, 0.15) is 5.82 Å². The van der Waals surface area contributed by atoms with Gasteiger partial charge in [0.05, 0.1) is 33.1 Å². The van der Waals surface area contributed by atoms with Gasteiger partial charge in [0.15, 0.2) is 5.82 Å². The number of hydrogen-bond donors (Lipinski definition) is 0. The van der Waals surface area contributed by atoms with Crippen LogP contribution < -0.4 is 0 Å². The Hall–Kier alpha value is -6.26.